The third-order valence-electron chi connectivity index (χ3n) is 4.05. The van der Waals surface area contributed by atoms with Crippen LogP contribution in [0.5, 0.6) is 0 Å². The Labute approximate surface area is 114 Å². The summed E-state index contributed by atoms with van der Waals surface area (Å²) >= 11 is 2.09. The molecule has 0 spiro atoms. The van der Waals surface area contributed by atoms with Gasteiger partial charge in [0.05, 0.1) is 0 Å². The molecule has 1 aromatic rings. The van der Waals surface area contributed by atoms with Crippen molar-refractivity contribution in [1.82, 2.24) is 10.2 Å². The SMILES string of the molecule is CC1CSCCN1Cc1ccc2c(c1)CNCC2. The van der Waals surface area contributed by atoms with Crippen LogP contribution in [0.25, 0.3) is 0 Å². The van der Waals surface area contributed by atoms with Gasteiger partial charge >= 0.3 is 0 Å². The van der Waals surface area contributed by atoms with Gasteiger partial charge in [-0.3, -0.25) is 4.90 Å². The fourth-order valence-corrected chi connectivity index (χ4v) is 3.95. The predicted octanol–water partition coefficient (Wildman–Crippen LogP) is 2.27. The molecule has 18 heavy (non-hydrogen) atoms. The van der Waals surface area contributed by atoms with Crippen LogP contribution in [0, 0.1) is 0 Å². The number of hydrogen-bond donors (Lipinski definition) is 1. The molecule has 0 amide bonds. The second kappa shape index (κ2) is 5.64. The van der Waals surface area contributed by atoms with Crippen LogP contribution in [0.1, 0.15) is 23.6 Å². The number of benzene rings is 1. The highest BCUT2D eigenvalue weighted by atomic mass is 32.2. The molecule has 2 aliphatic rings. The molecule has 0 aromatic heterocycles. The van der Waals surface area contributed by atoms with Crippen molar-refractivity contribution in [3.8, 4) is 0 Å². The van der Waals surface area contributed by atoms with Crippen LogP contribution in [-0.2, 0) is 19.5 Å². The Balaban J connectivity index is 1.72. The minimum Gasteiger partial charge on any atom is -0.312 e. The molecule has 2 nitrogen and oxygen atoms in total. The van der Waals surface area contributed by atoms with Crippen molar-refractivity contribution in [3.63, 3.8) is 0 Å². The Morgan fingerprint density at radius 3 is 3.22 bits per heavy atom. The van der Waals surface area contributed by atoms with Gasteiger partial charge in [-0.1, -0.05) is 18.2 Å². The molecule has 1 atom stereocenters. The van der Waals surface area contributed by atoms with E-state index in [2.05, 4.69) is 47.1 Å². The van der Waals surface area contributed by atoms with Crippen molar-refractivity contribution in [3.05, 3.63) is 34.9 Å². The second-order valence-corrected chi connectivity index (χ2v) is 6.57. The fourth-order valence-electron chi connectivity index (χ4n) is 2.86. The van der Waals surface area contributed by atoms with Gasteiger partial charge in [-0.25, -0.2) is 0 Å². The third-order valence-corrected chi connectivity index (χ3v) is 5.24. The molecule has 0 radical (unpaired) electrons. The average molecular weight is 262 g/mol. The Morgan fingerprint density at radius 2 is 2.33 bits per heavy atom. The summed E-state index contributed by atoms with van der Waals surface area (Å²) in [4.78, 5) is 2.62. The summed E-state index contributed by atoms with van der Waals surface area (Å²) in [5, 5.41) is 3.46. The highest BCUT2D eigenvalue weighted by Gasteiger charge is 2.19. The van der Waals surface area contributed by atoms with E-state index in [1.54, 1.807) is 5.56 Å². The molecular formula is C15H22N2S. The number of thioether (sulfide) groups is 1. The number of rotatable bonds is 2. The summed E-state index contributed by atoms with van der Waals surface area (Å²) in [6.07, 6.45) is 1.19. The minimum absolute atomic E-state index is 0.720. The first-order chi connectivity index (χ1) is 8.83. The quantitative estimate of drug-likeness (QED) is 0.880. The Kier molecular flexibility index (Phi) is 3.92. The van der Waals surface area contributed by atoms with Crippen molar-refractivity contribution in [2.45, 2.75) is 32.5 Å². The third kappa shape index (κ3) is 2.73. The molecule has 2 aliphatic heterocycles. The van der Waals surface area contributed by atoms with E-state index in [-0.39, 0.29) is 0 Å². The number of nitrogens with one attached hydrogen (secondary N) is 1. The van der Waals surface area contributed by atoms with Gasteiger partial charge < -0.3 is 5.32 Å². The van der Waals surface area contributed by atoms with Gasteiger partial charge in [0, 0.05) is 37.2 Å². The van der Waals surface area contributed by atoms with Crippen LogP contribution in [0.2, 0.25) is 0 Å². The van der Waals surface area contributed by atoms with E-state index in [1.165, 1.54) is 35.6 Å². The summed E-state index contributed by atoms with van der Waals surface area (Å²) in [5.74, 6) is 2.57. The first-order valence-electron chi connectivity index (χ1n) is 6.96. The standard InChI is InChI=1S/C15H22N2S/c1-12-11-18-7-6-17(12)10-13-2-3-14-4-5-16-9-15(14)8-13/h2-3,8,12,16H,4-7,9-11H2,1H3. The molecule has 0 saturated carbocycles. The summed E-state index contributed by atoms with van der Waals surface area (Å²) in [6.45, 7) is 6.89. The van der Waals surface area contributed by atoms with Crippen molar-refractivity contribution < 1.29 is 0 Å². The van der Waals surface area contributed by atoms with Gasteiger partial charge in [-0.15, -0.1) is 0 Å². The molecule has 0 bridgehead atoms. The lowest BCUT2D eigenvalue weighted by Gasteiger charge is -2.33. The van der Waals surface area contributed by atoms with Gasteiger partial charge in [0.2, 0.25) is 0 Å². The zero-order valence-corrected chi connectivity index (χ0v) is 11.9. The van der Waals surface area contributed by atoms with E-state index in [9.17, 15) is 0 Å². The van der Waals surface area contributed by atoms with Crippen LogP contribution >= 0.6 is 11.8 Å². The predicted molar refractivity (Wildman–Crippen MR) is 79.0 cm³/mol. The zero-order chi connectivity index (χ0) is 12.4. The molecule has 1 fully saturated rings. The molecule has 1 aromatic carbocycles. The van der Waals surface area contributed by atoms with Crippen molar-refractivity contribution >= 4 is 11.8 Å². The van der Waals surface area contributed by atoms with Gasteiger partial charge in [0.15, 0.2) is 0 Å². The minimum atomic E-state index is 0.720. The molecule has 2 heterocycles. The Hall–Kier alpha value is -0.510. The second-order valence-electron chi connectivity index (χ2n) is 5.42. The maximum absolute atomic E-state index is 3.46. The smallest absolute Gasteiger partial charge is 0.0237 e. The van der Waals surface area contributed by atoms with Gasteiger partial charge in [-0.2, -0.15) is 11.8 Å². The number of hydrogen-bond acceptors (Lipinski definition) is 3. The molecule has 0 aliphatic carbocycles. The monoisotopic (exact) mass is 262 g/mol. The van der Waals surface area contributed by atoms with Crippen LogP contribution in [0.3, 0.4) is 0 Å². The van der Waals surface area contributed by atoms with E-state index in [4.69, 9.17) is 0 Å². The van der Waals surface area contributed by atoms with Crippen LogP contribution in [0.4, 0.5) is 0 Å². The highest BCUT2D eigenvalue weighted by Crippen LogP contribution is 2.21. The van der Waals surface area contributed by atoms with E-state index < -0.39 is 0 Å². The fraction of sp³-hybridized carbons (Fsp3) is 0.600. The molecule has 1 unspecified atom stereocenters. The highest BCUT2D eigenvalue weighted by molar-refractivity contribution is 7.99. The first kappa shape index (κ1) is 12.5. The van der Waals surface area contributed by atoms with Gasteiger partial charge in [0.1, 0.15) is 0 Å². The lowest BCUT2D eigenvalue weighted by atomic mass is 9.98. The summed E-state index contributed by atoms with van der Waals surface area (Å²) in [6, 6.07) is 7.81. The lowest BCUT2D eigenvalue weighted by molar-refractivity contribution is 0.224. The molecule has 3 rings (SSSR count). The van der Waals surface area contributed by atoms with Crippen molar-refractivity contribution in [2.24, 2.45) is 0 Å². The maximum Gasteiger partial charge on any atom is 0.0237 e. The topological polar surface area (TPSA) is 15.3 Å². The lowest BCUT2D eigenvalue weighted by Crippen LogP contribution is -2.39. The van der Waals surface area contributed by atoms with Gasteiger partial charge in [0.25, 0.3) is 0 Å². The molecule has 3 heteroatoms. The van der Waals surface area contributed by atoms with E-state index >= 15 is 0 Å². The van der Waals surface area contributed by atoms with E-state index in [1.807, 2.05) is 0 Å². The van der Waals surface area contributed by atoms with Crippen LogP contribution in [0.15, 0.2) is 18.2 Å². The van der Waals surface area contributed by atoms with E-state index in [0.29, 0.717) is 0 Å². The average Bonchev–Trinajstić information content (AvgIpc) is 2.41. The van der Waals surface area contributed by atoms with Crippen molar-refractivity contribution in [2.75, 3.05) is 24.6 Å². The number of fused-ring (bicyclic) bond motifs is 1. The largest absolute Gasteiger partial charge is 0.312 e. The summed E-state index contributed by atoms with van der Waals surface area (Å²) in [7, 11) is 0. The first-order valence-corrected chi connectivity index (χ1v) is 8.11. The van der Waals surface area contributed by atoms with Crippen molar-refractivity contribution in [1.29, 1.82) is 0 Å². The van der Waals surface area contributed by atoms with Crippen LogP contribution < -0.4 is 5.32 Å². The molecule has 1 N–H and O–H groups in total. The Bertz CT molecular complexity index is 419. The normalized spacial score (nSPS) is 24.8. The number of nitrogens with zero attached hydrogens (tertiary/aromatic N) is 1. The summed E-state index contributed by atoms with van der Waals surface area (Å²) in [5.41, 5.74) is 4.54. The van der Waals surface area contributed by atoms with Crippen LogP contribution in [-0.4, -0.2) is 35.5 Å². The summed E-state index contributed by atoms with van der Waals surface area (Å²) < 4.78 is 0. The Morgan fingerprint density at radius 1 is 1.39 bits per heavy atom. The molecule has 98 valence electrons. The van der Waals surface area contributed by atoms with Gasteiger partial charge in [-0.05, 0) is 36.6 Å². The zero-order valence-electron chi connectivity index (χ0n) is 11.1. The molecule has 1 saturated heterocycles. The maximum atomic E-state index is 3.46. The molecular weight excluding hydrogens is 240 g/mol. The van der Waals surface area contributed by atoms with E-state index in [0.717, 1.165) is 25.7 Å².